The number of nitrogens with one attached hydrogen (secondary N) is 1. The molecule has 1 spiro atoms. The maximum absolute atomic E-state index is 14.7. The Kier molecular flexibility index (Phi) is 6.77. The van der Waals surface area contributed by atoms with Crippen LogP contribution >= 0.6 is 0 Å². The number of hydrogen-bond donors (Lipinski definition) is 1. The van der Waals surface area contributed by atoms with Gasteiger partial charge in [-0.05, 0) is 30.0 Å². The van der Waals surface area contributed by atoms with Crippen molar-refractivity contribution in [3.63, 3.8) is 0 Å². The number of likely N-dealkylation sites (tertiary alicyclic amines) is 1. The number of amides is 3. The Hall–Kier alpha value is -4.40. The number of likely N-dealkylation sites (N-methyl/N-ethyl adjacent to an activating group) is 1. The number of pyridine rings is 1. The number of rotatable bonds is 6. The number of nitrogens with zero attached hydrogens (tertiary/aromatic N) is 5. The zero-order chi connectivity index (χ0) is 28.9. The minimum atomic E-state index is -2.91. The number of carbonyl (C=O) groups is 3. The van der Waals surface area contributed by atoms with Crippen LogP contribution in [0.5, 0.6) is 0 Å². The molecular formula is C28H27F3N6O3. The summed E-state index contributed by atoms with van der Waals surface area (Å²) < 4.78 is 42.0. The molecule has 4 heterocycles. The van der Waals surface area contributed by atoms with Crippen molar-refractivity contribution in [2.24, 2.45) is 5.92 Å². The zero-order valence-corrected chi connectivity index (χ0v) is 22.1. The predicted octanol–water partition coefficient (Wildman–Crippen LogP) is 4.27. The number of para-hydroxylation sites is 1. The molecule has 9 nitrogen and oxygen atoms in total. The van der Waals surface area contributed by atoms with Gasteiger partial charge in [-0.2, -0.15) is 0 Å². The summed E-state index contributed by atoms with van der Waals surface area (Å²) in [6, 6.07) is 7.05. The van der Waals surface area contributed by atoms with Crippen molar-refractivity contribution in [3.8, 4) is 0 Å². The van der Waals surface area contributed by atoms with E-state index in [9.17, 15) is 27.6 Å². The van der Waals surface area contributed by atoms with Gasteiger partial charge in [-0.1, -0.05) is 32.0 Å². The first kappa shape index (κ1) is 27.2. The van der Waals surface area contributed by atoms with Gasteiger partial charge in [0.1, 0.15) is 17.2 Å². The molecule has 40 heavy (non-hydrogen) atoms. The van der Waals surface area contributed by atoms with Crippen LogP contribution in [0.3, 0.4) is 0 Å². The number of hydrogen-bond acceptors (Lipinski definition) is 4. The third-order valence-corrected chi connectivity index (χ3v) is 7.65. The van der Waals surface area contributed by atoms with Gasteiger partial charge in [0.15, 0.2) is 11.5 Å². The first-order chi connectivity index (χ1) is 19.0. The lowest BCUT2D eigenvalue weighted by Crippen LogP contribution is -2.51. The molecule has 3 aromatic rings. The molecule has 2 aliphatic heterocycles. The van der Waals surface area contributed by atoms with Gasteiger partial charge in [-0.15, -0.1) is 0 Å². The lowest BCUT2D eigenvalue weighted by molar-refractivity contribution is -0.136. The van der Waals surface area contributed by atoms with E-state index in [2.05, 4.69) is 15.1 Å². The molecule has 0 aliphatic carbocycles. The maximum atomic E-state index is 14.7. The van der Waals surface area contributed by atoms with Gasteiger partial charge < -0.3 is 14.6 Å². The SMILES string of the molecule is [C-]#[N+][C@@H]1C[C@@]2(CN1C(=O)[C@H](CC(C)C)N(C)C(=O)c1cc(F)c3nc(C(F)F)cn3c1)C(=O)Nc1ccccc12. The Bertz CT molecular complexity index is 1560. The van der Waals surface area contributed by atoms with Crippen LogP contribution in [0.1, 0.15) is 54.7 Å². The van der Waals surface area contributed by atoms with Crippen molar-refractivity contribution >= 4 is 29.1 Å². The summed E-state index contributed by atoms with van der Waals surface area (Å²) in [6.45, 7) is 11.5. The van der Waals surface area contributed by atoms with Crippen LogP contribution < -0.4 is 5.32 Å². The number of anilines is 1. The number of carbonyl (C=O) groups excluding carboxylic acids is 3. The third kappa shape index (κ3) is 4.35. The summed E-state index contributed by atoms with van der Waals surface area (Å²) in [5, 5.41) is 2.85. The molecule has 1 saturated heterocycles. The average molecular weight is 553 g/mol. The highest BCUT2D eigenvalue weighted by Crippen LogP contribution is 2.47. The first-order valence-corrected chi connectivity index (χ1v) is 12.8. The normalized spacial score (nSPS) is 20.7. The van der Waals surface area contributed by atoms with Gasteiger partial charge in [-0.3, -0.25) is 24.1 Å². The molecule has 2 aromatic heterocycles. The molecule has 0 unspecified atom stereocenters. The molecule has 0 radical (unpaired) electrons. The minimum absolute atomic E-state index is 0.0234. The first-order valence-electron chi connectivity index (χ1n) is 12.8. The fourth-order valence-electron chi connectivity index (χ4n) is 5.66. The standard InChI is InChI=1S/C28H27F3N6O3/c1-15(2)9-21(35(4)25(38)16-10-18(29)24-33-20(23(30)31)13-36(24)12-16)26(39)37-14-28(11-22(37)32-3)17-7-5-6-8-19(17)34-27(28)40/h5-8,10,12-13,15,21-23H,9,11,14H2,1-2,4H3,(H,34,40)/t21-,22-,28-/m0/s1. The molecule has 1 fully saturated rings. The number of aromatic nitrogens is 2. The number of halogens is 3. The molecule has 0 bridgehead atoms. The topological polar surface area (TPSA) is 91.4 Å². The second kappa shape index (κ2) is 9.97. The summed E-state index contributed by atoms with van der Waals surface area (Å²) in [5.41, 5.74) is -0.845. The van der Waals surface area contributed by atoms with Gasteiger partial charge >= 0.3 is 6.17 Å². The molecule has 1 aromatic carbocycles. The molecule has 3 amide bonds. The highest BCUT2D eigenvalue weighted by atomic mass is 19.3. The Morgan fingerprint density at radius 1 is 1.27 bits per heavy atom. The van der Waals surface area contributed by atoms with Crippen LogP contribution in [0, 0.1) is 18.3 Å². The summed E-state index contributed by atoms with van der Waals surface area (Å²) in [5.74, 6) is -2.48. The Morgan fingerprint density at radius 3 is 2.67 bits per heavy atom. The van der Waals surface area contributed by atoms with E-state index in [1.54, 1.807) is 18.2 Å². The lowest BCUT2D eigenvalue weighted by atomic mass is 9.80. The molecule has 0 saturated carbocycles. The molecule has 1 N–H and O–H groups in total. The van der Waals surface area contributed by atoms with Crippen LogP contribution in [-0.4, -0.2) is 62.7 Å². The van der Waals surface area contributed by atoms with Gasteiger partial charge in [0.25, 0.3) is 18.2 Å². The van der Waals surface area contributed by atoms with Crippen molar-refractivity contribution in [3.05, 3.63) is 76.8 Å². The van der Waals surface area contributed by atoms with E-state index < -0.39 is 47.4 Å². The number of alkyl halides is 2. The van der Waals surface area contributed by atoms with E-state index in [1.165, 1.54) is 23.0 Å². The van der Waals surface area contributed by atoms with Crippen molar-refractivity contribution < 1.29 is 27.6 Å². The summed E-state index contributed by atoms with van der Waals surface area (Å²) in [6.07, 6.45) is -1.34. The van der Waals surface area contributed by atoms with Crippen LogP contribution in [0.25, 0.3) is 10.5 Å². The van der Waals surface area contributed by atoms with E-state index >= 15 is 0 Å². The van der Waals surface area contributed by atoms with Gasteiger partial charge in [-0.25, -0.2) is 24.7 Å². The monoisotopic (exact) mass is 552 g/mol. The summed E-state index contributed by atoms with van der Waals surface area (Å²) in [7, 11) is 1.41. The van der Waals surface area contributed by atoms with E-state index in [0.717, 1.165) is 22.2 Å². The Balaban J connectivity index is 1.46. The van der Waals surface area contributed by atoms with Crippen molar-refractivity contribution in [1.29, 1.82) is 0 Å². The van der Waals surface area contributed by atoms with Crippen LogP contribution in [0.4, 0.5) is 18.9 Å². The van der Waals surface area contributed by atoms with Crippen molar-refractivity contribution in [2.75, 3.05) is 18.9 Å². The van der Waals surface area contributed by atoms with Crippen LogP contribution in [-0.2, 0) is 15.0 Å². The third-order valence-electron chi connectivity index (χ3n) is 7.65. The van der Waals surface area contributed by atoms with Crippen LogP contribution in [0.2, 0.25) is 0 Å². The predicted molar refractivity (Wildman–Crippen MR) is 139 cm³/mol. The molecule has 5 rings (SSSR count). The van der Waals surface area contributed by atoms with Gasteiger partial charge in [0.2, 0.25) is 5.91 Å². The second-order valence-electron chi connectivity index (χ2n) is 10.7. The largest absolute Gasteiger partial charge is 0.330 e. The average Bonchev–Trinajstić information content (AvgIpc) is 3.61. The quantitative estimate of drug-likeness (QED) is 0.463. The number of imidazole rings is 1. The molecular weight excluding hydrogens is 525 g/mol. The van der Waals surface area contributed by atoms with Crippen LogP contribution in [0.15, 0.2) is 42.7 Å². The van der Waals surface area contributed by atoms with E-state index in [1.807, 2.05) is 19.9 Å². The molecule has 12 heteroatoms. The smallest absolute Gasteiger partial charge is 0.302 e. The second-order valence-corrected chi connectivity index (χ2v) is 10.7. The maximum Gasteiger partial charge on any atom is 0.302 e. The molecule has 2 aliphatic rings. The lowest BCUT2D eigenvalue weighted by Gasteiger charge is -2.32. The molecule has 3 atom stereocenters. The number of benzene rings is 1. The Morgan fingerprint density at radius 2 is 2.00 bits per heavy atom. The zero-order valence-electron chi connectivity index (χ0n) is 22.1. The fourth-order valence-corrected chi connectivity index (χ4v) is 5.66. The highest BCUT2D eigenvalue weighted by molar-refractivity contribution is 6.07. The van der Waals surface area contributed by atoms with Gasteiger partial charge in [0, 0.05) is 31.7 Å². The van der Waals surface area contributed by atoms with E-state index in [4.69, 9.17) is 6.57 Å². The summed E-state index contributed by atoms with van der Waals surface area (Å²) >= 11 is 0. The van der Waals surface area contributed by atoms with Gasteiger partial charge in [0.05, 0.1) is 12.0 Å². The van der Waals surface area contributed by atoms with E-state index in [0.29, 0.717) is 5.69 Å². The Labute approximate surface area is 228 Å². The number of fused-ring (bicyclic) bond motifs is 3. The highest BCUT2D eigenvalue weighted by Gasteiger charge is 2.59. The molecule has 208 valence electrons. The van der Waals surface area contributed by atoms with E-state index in [-0.39, 0.29) is 42.4 Å². The minimum Gasteiger partial charge on any atom is -0.330 e. The summed E-state index contributed by atoms with van der Waals surface area (Å²) in [4.78, 5) is 50.5. The van der Waals surface area contributed by atoms with Crippen molar-refractivity contribution in [1.82, 2.24) is 19.2 Å². The van der Waals surface area contributed by atoms with Crippen molar-refractivity contribution in [2.45, 2.75) is 50.7 Å². The fraction of sp³-hybridized carbons (Fsp3) is 0.393.